The lowest BCUT2D eigenvalue weighted by Gasteiger charge is -2.09. The molecular weight excluding hydrogens is 275 g/mol. The summed E-state index contributed by atoms with van der Waals surface area (Å²) >= 11 is 5.72. The Morgan fingerprint density at radius 2 is 1.60 bits per heavy atom. The molecular formula is C17H16ClFO. The van der Waals surface area contributed by atoms with Gasteiger partial charge in [0.1, 0.15) is 5.82 Å². The van der Waals surface area contributed by atoms with Gasteiger partial charge in [-0.2, -0.15) is 0 Å². The molecule has 1 nitrogen and oxygen atoms in total. The van der Waals surface area contributed by atoms with Crippen molar-refractivity contribution in [3.05, 3.63) is 69.5 Å². The van der Waals surface area contributed by atoms with Crippen LogP contribution in [0, 0.1) is 5.82 Å². The minimum absolute atomic E-state index is 0.0308. The van der Waals surface area contributed by atoms with Crippen molar-refractivity contribution in [3.8, 4) is 0 Å². The Hall–Kier alpha value is -1.67. The highest BCUT2D eigenvalue weighted by Crippen LogP contribution is 2.20. The molecule has 2 aromatic carbocycles. The minimum Gasteiger partial charge on any atom is -0.289 e. The van der Waals surface area contributed by atoms with Crippen LogP contribution in [0.1, 0.15) is 40.9 Å². The van der Waals surface area contributed by atoms with E-state index in [1.807, 2.05) is 18.2 Å². The summed E-state index contributed by atoms with van der Waals surface area (Å²) in [6.07, 6.45) is 1.83. The van der Waals surface area contributed by atoms with Crippen LogP contribution in [-0.2, 0) is 12.8 Å². The molecule has 0 atom stereocenters. The summed E-state index contributed by atoms with van der Waals surface area (Å²) in [5.41, 5.74) is 3.44. The van der Waals surface area contributed by atoms with Crippen LogP contribution in [0.4, 0.5) is 4.39 Å². The van der Waals surface area contributed by atoms with E-state index < -0.39 is 5.82 Å². The quantitative estimate of drug-likeness (QED) is 0.737. The van der Waals surface area contributed by atoms with Gasteiger partial charge in [-0.3, -0.25) is 4.79 Å². The van der Waals surface area contributed by atoms with Crippen LogP contribution >= 0.6 is 11.6 Å². The lowest BCUT2D eigenvalue weighted by atomic mass is 9.96. The van der Waals surface area contributed by atoms with Gasteiger partial charge in [0.2, 0.25) is 0 Å². The first kappa shape index (κ1) is 14.7. The van der Waals surface area contributed by atoms with Gasteiger partial charge in [0.25, 0.3) is 0 Å². The number of rotatable bonds is 4. The zero-order valence-electron chi connectivity index (χ0n) is 11.5. The smallest absolute Gasteiger partial charge is 0.193 e. The van der Waals surface area contributed by atoms with Crippen molar-refractivity contribution in [1.82, 2.24) is 0 Å². The molecule has 0 bridgehead atoms. The van der Waals surface area contributed by atoms with Crippen LogP contribution < -0.4 is 0 Å². The van der Waals surface area contributed by atoms with E-state index >= 15 is 0 Å². The third kappa shape index (κ3) is 2.91. The molecule has 0 heterocycles. The fourth-order valence-corrected chi connectivity index (χ4v) is 2.43. The van der Waals surface area contributed by atoms with E-state index in [4.69, 9.17) is 11.6 Å². The molecule has 0 amide bonds. The van der Waals surface area contributed by atoms with E-state index in [-0.39, 0.29) is 10.8 Å². The fourth-order valence-electron chi connectivity index (χ4n) is 2.25. The second-order valence-electron chi connectivity index (χ2n) is 4.65. The summed E-state index contributed by atoms with van der Waals surface area (Å²) in [7, 11) is 0. The Balaban J connectivity index is 2.40. The maximum Gasteiger partial charge on any atom is 0.193 e. The Morgan fingerprint density at radius 3 is 2.20 bits per heavy atom. The number of carbonyl (C=O) groups excluding carboxylic acids is 1. The number of hydrogen-bond donors (Lipinski definition) is 0. The standard InChI is InChI=1S/C17H16ClFO/c1-3-11-5-6-13(9-12(11)4-2)17(20)14-7-8-16(19)15(18)10-14/h5-10H,3-4H2,1-2H3. The second-order valence-corrected chi connectivity index (χ2v) is 5.06. The van der Waals surface area contributed by atoms with Gasteiger partial charge in [0.15, 0.2) is 5.78 Å². The van der Waals surface area contributed by atoms with Gasteiger partial charge in [-0.25, -0.2) is 4.39 Å². The van der Waals surface area contributed by atoms with Gasteiger partial charge >= 0.3 is 0 Å². The molecule has 0 saturated carbocycles. The molecule has 0 aliphatic heterocycles. The topological polar surface area (TPSA) is 17.1 Å². The zero-order valence-corrected chi connectivity index (χ0v) is 12.3. The summed E-state index contributed by atoms with van der Waals surface area (Å²) in [5.74, 6) is -0.650. The van der Waals surface area contributed by atoms with Gasteiger partial charge in [0.05, 0.1) is 5.02 Å². The molecule has 2 aromatic rings. The number of carbonyl (C=O) groups is 1. The molecule has 0 aliphatic carbocycles. The van der Waals surface area contributed by atoms with E-state index in [0.29, 0.717) is 11.1 Å². The molecule has 20 heavy (non-hydrogen) atoms. The van der Waals surface area contributed by atoms with Crippen molar-refractivity contribution < 1.29 is 9.18 Å². The van der Waals surface area contributed by atoms with Gasteiger partial charge in [-0.15, -0.1) is 0 Å². The van der Waals surface area contributed by atoms with Gasteiger partial charge in [-0.05, 0) is 48.2 Å². The van der Waals surface area contributed by atoms with E-state index in [0.717, 1.165) is 12.8 Å². The van der Waals surface area contributed by atoms with E-state index in [1.54, 1.807) is 0 Å². The first-order valence-electron chi connectivity index (χ1n) is 6.68. The zero-order chi connectivity index (χ0) is 14.7. The summed E-state index contributed by atoms with van der Waals surface area (Å²) in [6.45, 7) is 4.16. The lowest BCUT2D eigenvalue weighted by molar-refractivity contribution is 0.103. The second kappa shape index (κ2) is 6.19. The molecule has 0 aromatic heterocycles. The van der Waals surface area contributed by atoms with Crippen LogP contribution in [-0.4, -0.2) is 5.78 Å². The molecule has 0 radical (unpaired) electrons. The molecule has 2 rings (SSSR count). The largest absolute Gasteiger partial charge is 0.289 e. The molecule has 0 N–H and O–H groups in total. The molecule has 0 spiro atoms. The summed E-state index contributed by atoms with van der Waals surface area (Å²) in [6, 6.07) is 9.77. The SMILES string of the molecule is CCc1ccc(C(=O)c2ccc(F)c(Cl)c2)cc1CC. The normalized spacial score (nSPS) is 10.6. The fraction of sp³-hybridized carbons (Fsp3) is 0.235. The summed E-state index contributed by atoms with van der Waals surface area (Å²) < 4.78 is 13.1. The average molecular weight is 291 g/mol. The van der Waals surface area contributed by atoms with Crippen LogP contribution in [0.15, 0.2) is 36.4 Å². The third-order valence-electron chi connectivity index (χ3n) is 3.41. The Kier molecular flexibility index (Phi) is 4.56. The predicted octanol–water partition coefficient (Wildman–Crippen LogP) is 4.83. The number of halogens is 2. The van der Waals surface area contributed by atoms with Crippen molar-refractivity contribution in [2.75, 3.05) is 0 Å². The minimum atomic E-state index is -0.515. The van der Waals surface area contributed by atoms with E-state index in [2.05, 4.69) is 13.8 Å². The lowest BCUT2D eigenvalue weighted by Crippen LogP contribution is -2.04. The van der Waals surface area contributed by atoms with Crippen molar-refractivity contribution in [2.45, 2.75) is 26.7 Å². The average Bonchev–Trinajstić information content (AvgIpc) is 2.48. The molecule has 0 aliphatic rings. The Bertz CT molecular complexity index is 649. The van der Waals surface area contributed by atoms with Crippen LogP contribution in [0.2, 0.25) is 5.02 Å². The Morgan fingerprint density at radius 1 is 1.00 bits per heavy atom. The predicted molar refractivity (Wildman–Crippen MR) is 80.0 cm³/mol. The molecule has 104 valence electrons. The molecule has 0 unspecified atom stereocenters. The first-order chi connectivity index (χ1) is 9.56. The van der Waals surface area contributed by atoms with Crippen molar-refractivity contribution in [3.63, 3.8) is 0 Å². The van der Waals surface area contributed by atoms with E-state index in [1.165, 1.54) is 29.3 Å². The van der Waals surface area contributed by atoms with Gasteiger partial charge in [-0.1, -0.05) is 37.6 Å². The maximum atomic E-state index is 13.1. The maximum absolute atomic E-state index is 13.1. The number of benzene rings is 2. The highest BCUT2D eigenvalue weighted by Gasteiger charge is 2.12. The van der Waals surface area contributed by atoms with Crippen LogP contribution in [0.25, 0.3) is 0 Å². The molecule has 3 heteroatoms. The van der Waals surface area contributed by atoms with Gasteiger partial charge < -0.3 is 0 Å². The van der Waals surface area contributed by atoms with E-state index in [9.17, 15) is 9.18 Å². The van der Waals surface area contributed by atoms with Crippen LogP contribution in [0.3, 0.4) is 0 Å². The summed E-state index contributed by atoms with van der Waals surface area (Å²) in [4.78, 5) is 12.4. The van der Waals surface area contributed by atoms with Crippen molar-refractivity contribution >= 4 is 17.4 Å². The summed E-state index contributed by atoms with van der Waals surface area (Å²) in [5, 5.41) is -0.0308. The molecule has 0 saturated heterocycles. The highest BCUT2D eigenvalue weighted by atomic mass is 35.5. The molecule has 0 fully saturated rings. The number of aryl methyl sites for hydroxylation is 2. The highest BCUT2D eigenvalue weighted by molar-refractivity contribution is 6.31. The Labute approximate surface area is 123 Å². The third-order valence-corrected chi connectivity index (χ3v) is 3.70. The number of ketones is 1. The van der Waals surface area contributed by atoms with Crippen LogP contribution in [0.5, 0.6) is 0 Å². The van der Waals surface area contributed by atoms with Crippen molar-refractivity contribution in [1.29, 1.82) is 0 Å². The monoisotopic (exact) mass is 290 g/mol. The van der Waals surface area contributed by atoms with Gasteiger partial charge in [0, 0.05) is 11.1 Å². The number of hydrogen-bond acceptors (Lipinski definition) is 1. The van der Waals surface area contributed by atoms with Crippen molar-refractivity contribution in [2.24, 2.45) is 0 Å². The first-order valence-corrected chi connectivity index (χ1v) is 7.06.